The summed E-state index contributed by atoms with van der Waals surface area (Å²) in [6, 6.07) is 13.2. The van der Waals surface area contributed by atoms with E-state index in [0.29, 0.717) is 5.75 Å². The molecule has 0 aromatic heterocycles. The van der Waals surface area contributed by atoms with Crippen molar-refractivity contribution >= 4 is 47.0 Å². The summed E-state index contributed by atoms with van der Waals surface area (Å²) >= 11 is 0. The number of esters is 1. The zero-order chi connectivity index (χ0) is 22.9. The van der Waals surface area contributed by atoms with Crippen LogP contribution in [0.4, 0.5) is 0 Å². The van der Waals surface area contributed by atoms with Crippen molar-refractivity contribution in [2.45, 2.75) is 52.5 Å². The predicted octanol–water partition coefficient (Wildman–Crippen LogP) is 4.09. The zero-order valence-electron chi connectivity index (χ0n) is 18.5. The summed E-state index contributed by atoms with van der Waals surface area (Å²) in [6.45, 7) is 8.66. The van der Waals surface area contributed by atoms with Crippen LogP contribution in [0.15, 0.2) is 42.5 Å². The van der Waals surface area contributed by atoms with E-state index in [-0.39, 0.29) is 12.3 Å². The molecule has 0 fully saturated rings. The molecule has 158 valence electrons. The van der Waals surface area contributed by atoms with Crippen LogP contribution in [0, 0.1) is 6.92 Å². The van der Waals surface area contributed by atoms with Gasteiger partial charge in [-0.2, -0.15) is 0 Å². The lowest BCUT2D eigenvalue weighted by Crippen LogP contribution is -2.40. The lowest BCUT2D eigenvalue weighted by Gasteiger charge is -2.30. The number of carbonyl (C=O) groups is 3. The summed E-state index contributed by atoms with van der Waals surface area (Å²) in [4.78, 5) is 36.0. The summed E-state index contributed by atoms with van der Waals surface area (Å²) in [5.41, 5.74) is 0.538. The van der Waals surface area contributed by atoms with Crippen molar-refractivity contribution in [3.05, 3.63) is 53.6 Å². The third kappa shape index (κ3) is 4.79. The topological polar surface area (TPSA) is 72.5 Å². The number of hydrogen-bond donors (Lipinski definition) is 1. The third-order valence-electron chi connectivity index (χ3n) is 5.42. The van der Waals surface area contributed by atoms with Gasteiger partial charge in [-0.1, -0.05) is 44.2 Å². The van der Waals surface area contributed by atoms with Gasteiger partial charge < -0.3 is 14.8 Å². The predicted molar refractivity (Wildman–Crippen MR) is 124 cm³/mol. The number of fused-ring (bicyclic) bond motifs is 2. The quantitative estimate of drug-likeness (QED) is 0.285. The second kappa shape index (κ2) is 8.54. The average Bonchev–Trinajstić information content (AvgIpc) is 2.64. The van der Waals surface area contributed by atoms with Crippen molar-refractivity contribution in [1.82, 2.24) is 5.32 Å². The van der Waals surface area contributed by atoms with Gasteiger partial charge in [0.2, 0.25) is 5.91 Å². The van der Waals surface area contributed by atoms with Gasteiger partial charge in [-0.25, -0.2) is 4.79 Å². The van der Waals surface area contributed by atoms with E-state index in [2.05, 4.69) is 11.4 Å². The molecule has 0 saturated heterocycles. The van der Waals surface area contributed by atoms with Crippen molar-refractivity contribution in [3.63, 3.8) is 0 Å². The minimum absolute atomic E-state index is 0.0960. The number of hydrogen-bond acceptors (Lipinski definition) is 4. The monoisotopic (exact) mass is 415 g/mol. The van der Waals surface area contributed by atoms with E-state index in [9.17, 15) is 14.4 Å². The normalized spacial score (nSPS) is 12.5. The highest BCUT2D eigenvalue weighted by atomic mass is 16.5. The van der Waals surface area contributed by atoms with Crippen molar-refractivity contribution in [2.24, 2.45) is 0 Å². The molecule has 6 heteroatoms. The van der Waals surface area contributed by atoms with Gasteiger partial charge in [0.05, 0.1) is 5.68 Å². The molecule has 0 aliphatic heterocycles. The summed E-state index contributed by atoms with van der Waals surface area (Å²) < 4.78 is 5.91. The van der Waals surface area contributed by atoms with Gasteiger partial charge in [0.1, 0.15) is 11.8 Å². The van der Waals surface area contributed by atoms with Crippen LogP contribution in [0.2, 0.25) is 0 Å². The zero-order valence-corrected chi connectivity index (χ0v) is 18.5. The Morgan fingerprint density at radius 3 is 2.26 bits per heavy atom. The van der Waals surface area contributed by atoms with Gasteiger partial charge >= 0.3 is 5.97 Å². The lowest BCUT2D eigenvalue weighted by atomic mass is 9.73. The summed E-state index contributed by atoms with van der Waals surface area (Å²) in [6.07, 6.45) is 0.0960. The first-order valence-corrected chi connectivity index (χ1v) is 10.2. The molecule has 3 aromatic carbocycles. The molecule has 0 aliphatic rings. The summed E-state index contributed by atoms with van der Waals surface area (Å²) in [7, 11) is 5.51. The number of amides is 1. The van der Waals surface area contributed by atoms with E-state index in [1.165, 1.54) is 6.92 Å². The minimum atomic E-state index is -0.819. The molecule has 3 rings (SSSR count). The highest BCUT2D eigenvalue weighted by Crippen LogP contribution is 2.43. The number of carbonyl (C=O) groups excluding carboxylic acids is 3. The third-order valence-corrected chi connectivity index (χ3v) is 5.42. The van der Waals surface area contributed by atoms with E-state index in [0.717, 1.165) is 32.7 Å². The number of benzene rings is 3. The Morgan fingerprint density at radius 2 is 1.68 bits per heavy atom. The Hall–Kier alpha value is -3.15. The standard InChI is InChI=1S/C25H26BNO4/c1-14-10-19-11-17-8-6-7-9-18(17)12-20(19)23(22(14)25(4,5)13-21(26)29)31-24(30)15(2)27-16(3)28/h6-12,15H,13H2,1-5H3,(H,27,28). The molecule has 5 nitrogen and oxygen atoms in total. The van der Waals surface area contributed by atoms with Gasteiger partial charge in [-0.15, -0.1) is 0 Å². The second-order valence-electron chi connectivity index (χ2n) is 8.69. The Kier molecular flexibility index (Phi) is 6.21. The Morgan fingerprint density at radius 1 is 1.06 bits per heavy atom. The fourth-order valence-electron chi connectivity index (χ4n) is 4.22. The fraction of sp³-hybridized carbons (Fsp3) is 0.320. The molecule has 0 spiro atoms. The smallest absolute Gasteiger partial charge is 0.333 e. The molecule has 1 amide bonds. The van der Waals surface area contributed by atoms with Crippen LogP contribution in [-0.4, -0.2) is 31.4 Å². The van der Waals surface area contributed by atoms with E-state index in [1.807, 2.05) is 57.2 Å². The van der Waals surface area contributed by atoms with E-state index < -0.39 is 23.1 Å². The largest absolute Gasteiger partial charge is 0.424 e. The highest BCUT2D eigenvalue weighted by molar-refractivity contribution is 6.57. The van der Waals surface area contributed by atoms with Crippen LogP contribution in [0.1, 0.15) is 45.2 Å². The molecule has 1 unspecified atom stereocenters. The van der Waals surface area contributed by atoms with Crippen molar-refractivity contribution in [2.75, 3.05) is 0 Å². The summed E-state index contributed by atoms with van der Waals surface area (Å²) in [5.74, 6) is -0.501. The first-order chi connectivity index (χ1) is 14.5. The fourth-order valence-corrected chi connectivity index (χ4v) is 4.22. The van der Waals surface area contributed by atoms with Crippen LogP contribution in [0.25, 0.3) is 21.5 Å². The molecule has 1 atom stereocenters. The number of nitrogens with one attached hydrogen (secondary N) is 1. The van der Waals surface area contributed by atoms with E-state index in [1.54, 1.807) is 6.92 Å². The first kappa shape index (κ1) is 22.5. The molecular formula is C25H26BNO4. The van der Waals surface area contributed by atoms with Gasteiger partial charge in [0.15, 0.2) is 7.85 Å². The average molecular weight is 415 g/mol. The van der Waals surface area contributed by atoms with E-state index in [4.69, 9.17) is 12.6 Å². The molecule has 3 aromatic rings. The molecule has 0 bridgehead atoms. The molecule has 2 radical (unpaired) electrons. The van der Waals surface area contributed by atoms with Crippen molar-refractivity contribution in [3.8, 4) is 5.75 Å². The van der Waals surface area contributed by atoms with Crippen LogP contribution in [0.3, 0.4) is 0 Å². The van der Waals surface area contributed by atoms with E-state index >= 15 is 0 Å². The molecular weight excluding hydrogens is 389 g/mol. The van der Waals surface area contributed by atoms with Crippen molar-refractivity contribution in [1.29, 1.82) is 0 Å². The molecule has 0 saturated carbocycles. The van der Waals surface area contributed by atoms with Crippen molar-refractivity contribution < 1.29 is 19.1 Å². The SMILES string of the molecule is [B]C(=O)CC(C)(C)c1c(C)cc2cc3ccccc3cc2c1OC(=O)C(C)NC(C)=O. The van der Waals surface area contributed by atoms with Gasteiger partial charge in [-0.05, 0) is 53.1 Å². The maximum Gasteiger partial charge on any atom is 0.333 e. The van der Waals surface area contributed by atoms with Crippen LogP contribution < -0.4 is 10.1 Å². The maximum atomic E-state index is 12.8. The second-order valence-corrected chi connectivity index (χ2v) is 8.69. The Balaban J connectivity index is 2.27. The number of ether oxygens (including phenoxy) is 1. The van der Waals surface area contributed by atoms with Gasteiger partial charge in [0.25, 0.3) is 0 Å². The van der Waals surface area contributed by atoms with Gasteiger partial charge in [0, 0.05) is 24.3 Å². The molecule has 31 heavy (non-hydrogen) atoms. The Labute approximate surface area is 183 Å². The van der Waals surface area contributed by atoms with Crippen LogP contribution >= 0.6 is 0 Å². The highest BCUT2D eigenvalue weighted by Gasteiger charge is 2.31. The lowest BCUT2D eigenvalue weighted by molar-refractivity contribution is -0.138. The number of aryl methyl sites for hydroxylation is 1. The maximum absolute atomic E-state index is 12.8. The molecule has 1 N–H and O–H groups in total. The molecule has 0 aliphatic carbocycles. The minimum Gasteiger partial charge on any atom is -0.424 e. The van der Waals surface area contributed by atoms with Gasteiger partial charge in [-0.3, -0.25) is 4.79 Å². The Bertz CT molecular complexity index is 1200. The molecule has 0 heterocycles. The summed E-state index contributed by atoms with van der Waals surface area (Å²) in [5, 5.41) is 6.32. The number of rotatable bonds is 6. The first-order valence-electron chi connectivity index (χ1n) is 10.2. The van der Waals surface area contributed by atoms with Crippen LogP contribution in [0.5, 0.6) is 5.75 Å². The van der Waals surface area contributed by atoms with Crippen LogP contribution in [-0.2, 0) is 19.8 Å².